The van der Waals surface area contributed by atoms with Gasteiger partial charge in [0.05, 0.1) is 26.4 Å². The van der Waals surface area contributed by atoms with Crippen LogP contribution in [0.5, 0.6) is 11.5 Å². The van der Waals surface area contributed by atoms with Crippen LogP contribution in [-0.2, 0) is 14.3 Å². The number of Topliss-reactive ketones (excluding diaryl/α,β-unsaturated/α-hetero) is 1. The molecule has 6 nitrogen and oxygen atoms in total. The molecule has 0 unspecified atom stereocenters. The van der Waals surface area contributed by atoms with E-state index < -0.39 is 11.9 Å². The Morgan fingerprint density at radius 1 is 1.03 bits per heavy atom. The number of halogens is 1. The average Bonchev–Trinajstić information content (AvgIpc) is 2.83. The predicted octanol–water partition coefficient (Wildman–Crippen LogP) is 5.39. The highest BCUT2D eigenvalue weighted by atomic mass is 79.9. The van der Waals surface area contributed by atoms with Gasteiger partial charge in [0.25, 0.3) is 0 Å². The van der Waals surface area contributed by atoms with Crippen LogP contribution in [0.2, 0.25) is 0 Å². The minimum atomic E-state index is -0.470. The largest absolute Gasteiger partial charge is 0.493 e. The second-order valence-electron chi connectivity index (χ2n) is 8.40. The fourth-order valence-corrected chi connectivity index (χ4v) is 5.11. The number of methoxy groups -OCH3 is 2. The van der Waals surface area contributed by atoms with Crippen LogP contribution < -0.4 is 14.8 Å². The second-order valence-corrected chi connectivity index (χ2v) is 9.32. The van der Waals surface area contributed by atoms with Crippen LogP contribution in [-0.4, -0.2) is 32.6 Å². The Bertz CT molecular complexity index is 1180. The topological polar surface area (TPSA) is 73.9 Å². The van der Waals surface area contributed by atoms with Crippen molar-refractivity contribution in [2.24, 2.45) is 0 Å². The lowest BCUT2D eigenvalue weighted by Crippen LogP contribution is -2.36. The van der Waals surface area contributed by atoms with E-state index in [-0.39, 0.29) is 18.3 Å². The van der Waals surface area contributed by atoms with Crippen LogP contribution in [0.3, 0.4) is 0 Å². The van der Waals surface area contributed by atoms with Crippen molar-refractivity contribution >= 4 is 27.7 Å². The fraction of sp³-hybridized carbons (Fsp3) is 0.333. The van der Waals surface area contributed by atoms with Crippen LogP contribution in [0.1, 0.15) is 49.7 Å². The average molecular weight is 526 g/mol. The molecule has 0 fully saturated rings. The van der Waals surface area contributed by atoms with Gasteiger partial charge < -0.3 is 19.5 Å². The number of ketones is 1. The van der Waals surface area contributed by atoms with E-state index in [0.717, 1.165) is 21.3 Å². The molecule has 0 bridgehead atoms. The van der Waals surface area contributed by atoms with Crippen molar-refractivity contribution in [1.82, 2.24) is 5.32 Å². The van der Waals surface area contributed by atoms with E-state index in [1.165, 1.54) is 0 Å². The van der Waals surface area contributed by atoms with Crippen LogP contribution >= 0.6 is 15.9 Å². The maximum atomic E-state index is 13.6. The van der Waals surface area contributed by atoms with Gasteiger partial charge >= 0.3 is 5.97 Å². The number of carbonyl (C=O) groups is 2. The first kappa shape index (κ1) is 24.1. The number of benzene rings is 2. The summed E-state index contributed by atoms with van der Waals surface area (Å²) >= 11 is 3.47. The van der Waals surface area contributed by atoms with Crippen LogP contribution in [0.15, 0.2) is 69.5 Å². The monoisotopic (exact) mass is 525 g/mol. The van der Waals surface area contributed by atoms with Gasteiger partial charge in [-0.15, -0.1) is 0 Å². The van der Waals surface area contributed by atoms with Crippen LogP contribution in [0.4, 0.5) is 0 Å². The predicted molar refractivity (Wildman–Crippen MR) is 133 cm³/mol. The normalized spacial score (nSPS) is 20.0. The van der Waals surface area contributed by atoms with Crippen LogP contribution in [0.25, 0.3) is 0 Å². The molecular formula is C27H28BrNO5. The molecule has 178 valence electrons. The van der Waals surface area contributed by atoms with Gasteiger partial charge in [0, 0.05) is 33.8 Å². The summed E-state index contributed by atoms with van der Waals surface area (Å²) in [4.78, 5) is 26.6. The summed E-state index contributed by atoms with van der Waals surface area (Å²) < 4.78 is 17.1. The zero-order valence-corrected chi connectivity index (χ0v) is 21.3. The number of esters is 1. The number of nitrogens with one attached hydrogen (secondary N) is 1. The molecule has 34 heavy (non-hydrogen) atoms. The van der Waals surface area contributed by atoms with Crippen molar-refractivity contribution in [3.63, 3.8) is 0 Å². The molecule has 0 aromatic heterocycles. The Balaban J connectivity index is 1.77. The van der Waals surface area contributed by atoms with Crippen LogP contribution in [0, 0.1) is 0 Å². The molecule has 2 aliphatic rings. The molecule has 2 aromatic rings. The Morgan fingerprint density at radius 2 is 1.71 bits per heavy atom. The van der Waals surface area contributed by atoms with Gasteiger partial charge in [-0.05, 0) is 61.6 Å². The summed E-state index contributed by atoms with van der Waals surface area (Å²) in [5, 5.41) is 3.37. The molecular weight excluding hydrogens is 498 g/mol. The summed E-state index contributed by atoms with van der Waals surface area (Å²) in [7, 11) is 3.20. The highest BCUT2D eigenvalue weighted by Crippen LogP contribution is 2.46. The van der Waals surface area contributed by atoms with Crippen molar-refractivity contribution in [3.8, 4) is 11.5 Å². The number of carbonyl (C=O) groups excluding carboxylic acids is 2. The lowest BCUT2D eigenvalue weighted by atomic mass is 9.71. The Hall–Kier alpha value is -3.06. The van der Waals surface area contributed by atoms with Crippen molar-refractivity contribution < 1.29 is 23.8 Å². The van der Waals surface area contributed by atoms with E-state index in [0.29, 0.717) is 41.2 Å². The van der Waals surface area contributed by atoms with Crippen molar-refractivity contribution in [2.75, 3.05) is 20.8 Å². The molecule has 2 atom stereocenters. The highest BCUT2D eigenvalue weighted by molar-refractivity contribution is 9.10. The second kappa shape index (κ2) is 10.1. The Morgan fingerprint density at radius 3 is 2.35 bits per heavy atom. The third-order valence-corrected chi connectivity index (χ3v) is 6.93. The molecule has 0 saturated heterocycles. The molecule has 0 saturated carbocycles. The number of allylic oxidation sites excluding steroid dienone is 3. The van der Waals surface area contributed by atoms with Crippen molar-refractivity contribution in [2.45, 2.75) is 38.5 Å². The molecule has 4 rings (SSSR count). The number of hydrogen-bond donors (Lipinski definition) is 1. The van der Waals surface area contributed by atoms with Gasteiger partial charge in [-0.3, -0.25) is 4.79 Å². The van der Waals surface area contributed by atoms with Gasteiger partial charge in [-0.1, -0.05) is 34.1 Å². The smallest absolute Gasteiger partial charge is 0.336 e. The number of ether oxygens (including phenoxy) is 3. The quantitative estimate of drug-likeness (QED) is 0.509. The number of dihydropyridines is 1. The zero-order chi connectivity index (χ0) is 24.4. The first-order valence-corrected chi connectivity index (χ1v) is 12.1. The summed E-state index contributed by atoms with van der Waals surface area (Å²) in [6.07, 6.45) is 0.995. The van der Waals surface area contributed by atoms with E-state index >= 15 is 0 Å². The molecule has 1 aliphatic heterocycles. The van der Waals surface area contributed by atoms with E-state index in [1.54, 1.807) is 21.1 Å². The molecule has 0 spiro atoms. The molecule has 2 aromatic carbocycles. The maximum absolute atomic E-state index is 13.6. The molecule has 1 heterocycles. The van der Waals surface area contributed by atoms with Gasteiger partial charge in [0.2, 0.25) is 0 Å². The lowest BCUT2D eigenvalue weighted by Gasteiger charge is -2.36. The Labute approximate surface area is 208 Å². The number of hydrogen-bond acceptors (Lipinski definition) is 6. The van der Waals surface area contributed by atoms with E-state index in [9.17, 15) is 9.59 Å². The van der Waals surface area contributed by atoms with Crippen molar-refractivity contribution in [3.05, 3.63) is 80.6 Å². The first-order valence-electron chi connectivity index (χ1n) is 11.3. The minimum Gasteiger partial charge on any atom is -0.493 e. The third-order valence-electron chi connectivity index (χ3n) is 6.41. The standard InChI is InChI=1S/C27H28BrNO5/c1-5-34-27(31)24-15(2)29-20-12-18(17-8-11-22(32-3)23(14-17)33-4)13-21(30)26(20)25(24)16-6-9-19(28)10-7-16/h6-11,14,18,25,29H,5,12-13H2,1-4H3/t18-,25+/m1/s1. The molecule has 0 radical (unpaired) electrons. The van der Waals surface area contributed by atoms with Gasteiger partial charge in [-0.25, -0.2) is 4.79 Å². The SMILES string of the molecule is CCOC(=O)C1=C(C)NC2=C(C(=O)C[C@H](c3ccc(OC)c(OC)c3)C2)[C@H]1c1ccc(Br)cc1. The zero-order valence-electron chi connectivity index (χ0n) is 19.7. The summed E-state index contributed by atoms with van der Waals surface area (Å²) in [5.74, 6) is 0.426. The highest BCUT2D eigenvalue weighted by Gasteiger charge is 2.41. The minimum absolute atomic E-state index is 0.0129. The summed E-state index contributed by atoms with van der Waals surface area (Å²) in [6, 6.07) is 13.5. The number of rotatable bonds is 6. The van der Waals surface area contributed by atoms with Crippen molar-refractivity contribution in [1.29, 1.82) is 0 Å². The fourth-order valence-electron chi connectivity index (χ4n) is 4.85. The first-order chi connectivity index (χ1) is 16.4. The third kappa shape index (κ3) is 4.49. The molecule has 1 N–H and O–H groups in total. The van der Waals surface area contributed by atoms with Gasteiger partial charge in [-0.2, -0.15) is 0 Å². The summed E-state index contributed by atoms with van der Waals surface area (Å²) in [6.45, 7) is 3.92. The summed E-state index contributed by atoms with van der Waals surface area (Å²) in [5.41, 5.74) is 4.60. The van der Waals surface area contributed by atoms with E-state index in [4.69, 9.17) is 14.2 Å². The Kier molecular flexibility index (Phi) is 7.12. The van der Waals surface area contributed by atoms with E-state index in [1.807, 2.05) is 49.4 Å². The molecule has 1 aliphatic carbocycles. The lowest BCUT2D eigenvalue weighted by molar-refractivity contribution is -0.138. The van der Waals surface area contributed by atoms with E-state index in [2.05, 4.69) is 21.2 Å². The van der Waals surface area contributed by atoms with Gasteiger partial charge in [0.1, 0.15) is 0 Å². The molecule has 7 heteroatoms. The maximum Gasteiger partial charge on any atom is 0.336 e. The van der Waals surface area contributed by atoms with Gasteiger partial charge in [0.15, 0.2) is 17.3 Å². The molecule has 0 amide bonds.